The third kappa shape index (κ3) is 7.55. The molecule has 2 rings (SSSR count). The Morgan fingerprint density at radius 3 is 2.44 bits per heavy atom. The molecule has 0 radical (unpaired) electrons. The lowest BCUT2D eigenvalue weighted by Gasteiger charge is -2.20. The zero-order chi connectivity index (χ0) is 20.6. The van der Waals surface area contributed by atoms with Gasteiger partial charge in [0.2, 0.25) is 5.91 Å². The Morgan fingerprint density at radius 1 is 1.30 bits per heavy atom. The summed E-state index contributed by atoms with van der Waals surface area (Å²) in [7, 11) is 5.73. The van der Waals surface area contributed by atoms with Crippen molar-refractivity contribution in [3.63, 3.8) is 0 Å². The number of fused-ring (bicyclic) bond motifs is 1. The van der Waals surface area contributed by atoms with Gasteiger partial charge in [0.05, 0.1) is 18.7 Å². The summed E-state index contributed by atoms with van der Waals surface area (Å²) in [4.78, 5) is 29.5. The molecule has 0 atom stereocenters. The number of aromatic nitrogens is 2. The van der Waals surface area contributed by atoms with Crippen LogP contribution in [0.5, 0.6) is 0 Å². The van der Waals surface area contributed by atoms with Crippen molar-refractivity contribution in [2.75, 3.05) is 40.9 Å². The number of carbonyl (C=O) groups is 2. The standard InChI is InChI=1S/C14H24N4O2.C2HF3O2/c1-16(2)11-12-10-15-13-4-6-17(7-8-18(12)13)14(19)5-9-20-3;3-2(4,5)1(6)7/h10H,4-9,11H2,1-3H3;(H,6,7). The van der Waals surface area contributed by atoms with Gasteiger partial charge in [0.15, 0.2) is 0 Å². The van der Waals surface area contributed by atoms with E-state index in [4.69, 9.17) is 14.6 Å². The van der Waals surface area contributed by atoms with Gasteiger partial charge in [0, 0.05) is 45.9 Å². The van der Waals surface area contributed by atoms with E-state index in [-0.39, 0.29) is 5.91 Å². The molecule has 2 heterocycles. The Labute approximate surface area is 155 Å². The zero-order valence-electron chi connectivity index (χ0n) is 15.6. The number of aliphatic carboxylic acids is 1. The van der Waals surface area contributed by atoms with Gasteiger partial charge >= 0.3 is 12.1 Å². The van der Waals surface area contributed by atoms with E-state index in [0.29, 0.717) is 13.0 Å². The molecular weight excluding hydrogens is 369 g/mol. The lowest BCUT2D eigenvalue weighted by Crippen LogP contribution is -2.34. The Kier molecular flexibility index (Phi) is 8.70. The highest BCUT2D eigenvalue weighted by Crippen LogP contribution is 2.14. The quantitative estimate of drug-likeness (QED) is 0.802. The van der Waals surface area contributed by atoms with Crippen LogP contribution in [0.2, 0.25) is 0 Å². The Bertz CT molecular complexity index is 632. The average Bonchev–Trinajstić information content (AvgIpc) is 2.81. The number of hydrogen-bond acceptors (Lipinski definition) is 5. The monoisotopic (exact) mass is 394 g/mol. The first-order chi connectivity index (χ1) is 12.6. The van der Waals surface area contributed by atoms with Gasteiger partial charge in [-0.05, 0) is 14.1 Å². The molecule has 1 aromatic rings. The van der Waals surface area contributed by atoms with E-state index in [0.717, 1.165) is 38.4 Å². The predicted octanol–water partition coefficient (Wildman–Crippen LogP) is 0.999. The molecule has 0 bridgehead atoms. The van der Waals surface area contributed by atoms with Crippen molar-refractivity contribution in [3.8, 4) is 0 Å². The molecule has 27 heavy (non-hydrogen) atoms. The molecule has 1 aliphatic heterocycles. The highest BCUT2D eigenvalue weighted by Gasteiger charge is 2.38. The smallest absolute Gasteiger partial charge is 0.475 e. The van der Waals surface area contributed by atoms with Crippen molar-refractivity contribution in [2.45, 2.75) is 32.1 Å². The summed E-state index contributed by atoms with van der Waals surface area (Å²) in [6.45, 7) is 3.71. The molecule has 0 aliphatic carbocycles. The fraction of sp³-hybridized carbons (Fsp3) is 0.688. The minimum Gasteiger partial charge on any atom is -0.475 e. The lowest BCUT2D eigenvalue weighted by molar-refractivity contribution is -0.192. The average molecular weight is 394 g/mol. The van der Waals surface area contributed by atoms with Gasteiger partial charge in [-0.3, -0.25) is 4.79 Å². The number of carbonyl (C=O) groups excluding carboxylic acids is 1. The largest absolute Gasteiger partial charge is 0.490 e. The number of rotatable bonds is 5. The second kappa shape index (κ2) is 10.3. The van der Waals surface area contributed by atoms with Gasteiger partial charge in [-0.15, -0.1) is 0 Å². The SMILES string of the molecule is COCCC(=O)N1CCc2ncc(CN(C)C)n2CC1.O=C(O)C(F)(F)F. The predicted molar refractivity (Wildman–Crippen MR) is 90.1 cm³/mol. The van der Waals surface area contributed by atoms with Crippen molar-refractivity contribution in [1.82, 2.24) is 19.4 Å². The Morgan fingerprint density at radius 2 is 1.93 bits per heavy atom. The van der Waals surface area contributed by atoms with Crippen LogP contribution in [0.3, 0.4) is 0 Å². The van der Waals surface area contributed by atoms with Crippen LogP contribution >= 0.6 is 0 Å². The van der Waals surface area contributed by atoms with Crippen molar-refractivity contribution < 1.29 is 32.6 Å². The fourth-order valence-corrected chi connectivity index (χ4v) is 2.54. The van der Waals surface area contributed by atoms with Crippen molar-refractivity contribution in [2.24, 2.45) is 0 Å². The second-order valence-electron chi connectivity index (χ2n) is 6.23. The third-order valence-electron chi connectivity index (χ3n) is 3.81. The molecule has 11 heteroatoms. The zero-order valence-corrected chi connectivity index (χ0v) is 15.6. The lowest BCUT2D eigenvalue weighted by atomic mass is 10.3. The topological polar surface area (TPSA) is 87.9 Å². The highest BCUT2D eigenvalue weighted by molar-refractivity contribution is 5.76. The van der Waals surface area contributed by atoms with E-state index in [1.165, 1.54) is 5.69 Å². The summed E-state index contributed by atoms with van der Waals surface area (Å²) in [6.07, 6.45) is -1.84. The third-order valence-corrected chi connectivity index (χ3v) is 3.81. The molecule has 0 fully saturated rings. The van der Waals surface area contributed by atoms with Gasteiger partial charge in [-0.1, -0.05) is 0 Å². The van der Waals surface area contributed by atoms with Crippen LogP contribution < -0.4 is 0 Å². The molecule has 0 saturated carbocycles. The van der Waals surface area contributed by atoms with E-state index in [1.54, 1.807) is 7.11 Å². The van der Waals surface area contributed by atoms with Gasteiger partial charge < -0.3 is 24.2 Å². The van der Waals surface area contributed by atoms with Gasteiger partial charge in [0.25, 0.3) is 0 Å². The number of methoxy groups -OCH3 is 1. The number of carboxylic acid groups (broad SMARTS) is 1. The van der Waals surface area contributed by atoms with E-state index in [1.807, 2.05) is 11.1 Å². The summed E-state index contributed by atoms with van der Waals surface area (Å²) in [5.74, 6) is -1.50. The molecule has 1 aliphatic rings. The molecule has 0 unspecified atom stereocenters. The van der Waals surface area contributed by atoms with Crippen LogP contribution in [-0.4, -0.2) is 83.4 Å². The van der Waals surface area contributed by atoms with Crippen LogP contribution in [0, 0.1) is 0 Å². The normalized spacial score (nSPS) is 14.3. The summed E-state index contributed by atoms with van der Waals surface area (Å²) < 4.78 is 39.0. The highest BCUT2D eigenvalue weighted by atomic mass is 19.4. The van der Waals surface area contributed by atoms with Gasteiger partial charge in [0.1, 0.15) is 5.82 Å². The number of halogens is 3. The van der Waals surface area contributed by atoms with Gasteiger partial charge in [-0.25, -0.2) is 9.78 Å². The number of nitrogens with zero attached hydrogens (tertiary/aromatic N) is 4. The van der Waals surface area contributed by atoms with E-state index in [2.05, 4.69) is 28.5 Å². The van der Waals surface area contributed by atoms with Crippen molar-refractivity contribution in [3.05, 3.63) is 17.7 Å². The van der Waals surface area contributed by atoms with Crippen LogP contribution in [0.25, 0.3) is 0 Å². The van der Waals surface area contributed by atoms with Crippen LogP contribution in [-0.2, 0) is 33.8 Å². The molecule has 1 aromatic heterocycles. The summed E-state index contributed by atoms with van der Waals surface area (Å²) in [5.41, 5.74) is 1.22. The number of carboxylic acids is 1. The van der Waals surface area contributed by atoms with Gasteiger partial charge in [-0.2, -0.15) is 13.2 Å². The first-order valence-electron chi connectivity index (χ1n) is 8.31. The van der Waals surface area contributed by atoms with Crippen molar-refractivity contribution >= 4 is 11.9 Å². The summed E-state index contributed by atoms with van der Waals surface area (Å²) in [6, 6.07) is 0. The molecular formula is C16H25F3N4O4. The minimum atomic E-state index is -5.08. The van der Waals surface area contributed by atoms with Crippen molar-refractivity contribution in [1.29, 1.82) is 0 Å². The molecule has 1 amide bonds. The Hall–Kier alpha value is -2.14. The van der Waals surface area contributed by atoms with E-state index in [9.17, 15) is 18.0 Å². The molecule has 0 saturated heterocycles. The second-order valence-corrected chi connectivity index (χ2v) is 6.23. The molecule has 1 N–H and O–H groups in total. The van der Waals surface area contributed by atoms with E-state index < -0.39 is 12.1 Å². The first-order valence-corrected chi connectivity index (χ1v) is 8.31. The number of imidazole rings is 1. The molecule has 0 aromatic carbocycles. The minimum absolute atomic E-state index is 0.173. The Balaban J connectivity index is 0.000000445. The first kappa shape index (κ1) is 22.9. The van der Waals surface area contributed by atoms with Crippen LogP contribution in [0.15, 0.2) is 6.20 Å². The molecule has 154 valence electrons. The number of hydrogen-bond donors (Lipinski definition) is 1. The maximum absolute atomic E-state index is 12.1. The maximum Gasteiger partial charge on any atom is 0.490 e. The maximum atomic E-state index is 12.1. The summed E-state index contributed by atoms with van der Waals surface area (Å²) in [5, 5.41) is 7.12. The fourth-order valence-electron chi connectivity index (χ4n) is 2.54. The summed E-state index contributed by atoms with van der Waals surface area (Å²) >= 11 is 0. The number of alkyl halides is 3. The molecule has 8 nitrogen and oxygen atoms in total. The van der Waals surface area contributed by atoms with Crippen LogP contribution in [0.1, 0.15) is 17.9 Å². The van der Waals surface area contributed by atoms with E-state index >= 15 is 0 Å². The number of amides is 1. The molecule has 0 spiro atoms. The van der Waals surface area contributed by atoms with Crippen LogP contribution in [0.4, 0.5) is 13.2 Å². The number of ether oxygens (including phenoxy) is 1.